The molecule has 0 atom stereocenters. The van der Waals surface area contributed by atoms with Crippen LogP contribution in [0.15, 0.2) is 24.3 Å². The van der Waals surface area contributed by atoms with E-state index in [9.17, 15) is 0 Å². The molecule has 2 aromatic rings. The van der Waals surface area contributed by atoms with Crippen LogP contribution in [0.5, 0.6) is 11.5 Å². The van der Waals surface area contributed by atoms with Gasteiger partial charge in [0.15, 0.2) is 0 Å². The first-order chi connectivity index (χ1) is 8.78. The third kappa shape index (κ3) is 2.12. The molecule has 2 nitrogen and oxygen atoms in total. The maximum atomic E-state index is 5.59. The molecule has 0 heterocycles. The number of hydrogen-bond acceptors (Lipinski definition) is 2. The van der Waals surface area contributed by atoms with Crippen LogP contribution in [-0.4, -0.2) is 14.2 Å². The van der Waals surface area contributed by atoms with Crippen LogP contribution in [0.1, 0.15) is 11.1 Å². The summed E-state index contributed by atoms with van der Waals surface area (Å²) in [4.78, 5) is 0. The molecule has 0 bridgehead atoms. The van der Waals surface area contributed by atoms with Crippen LogP contribution in [0.3, 0.4) is 0 Å². The first-order valence-corrected chi connectivity index (χ1v) is 7.79. The van der Waals surface area contributed by atoms with Gasteiger partial charge in [-0.15, -0.1) is 0 Å². The van der Waals surface area contributed by atoms with Crippen molar-refractivity contribution < 1.29 is 9.47 Å². The highest BCUT2D eigenvalue weighted by Gasteiger charge is 2.18. The summed E-state index contributed by atoms with van der Waals surface area (Å²) in [6, 6.07) is 8.13. The van der Waals surface area contributed by atoms with Gasteiger partial charge in [0.25, 0.3) is 0 Å². The van der Waals surface area contributed by atoms with Crippen molar-refractivity contribution in [3.63, 3.8) is 0 Å². The number of ether oxygens (including phenoxy) is 2. The number of alkyl halides is 2. The molecule has 0 amide bonds. The van der Waals surface area contributed by atoms with Crippen LogP contribution >= 0.6 is 31.9 Å². The van der Waals surface area contributed by atoms with Crippen LogP contribution in [0.4, 0.5) is 0 Å². The Balaban J connectivity index is 2.94. The molecule has 0 unspecified atom stereocenters. The van der Waals surface area contributed by atoms with Crippen molar-refractivity contribution in [3.05, 3.63) is 35.4 Å². The number of fused-ring (bicyclic) bond motifs is 1. The second-order valence-corrected chi connectivity index (χ2v) is 4.96. The van der Waals surface area contributed by atoms with Gasteiger partial charge in [0, 0.05) is 32.6 Å². The molecular formula is C14H14Br2O2. The molecule has 2 aromatic carbocycles. The van der Waals surface area contributed by atoms with Crippen molar-refractivity contribution in [1.82, 2.24) is 0 Å². The van der Waals surface area contributed by atoms with E-state index in [2.05, 4.69) is 44.0 Å². The fourth-order valence-corrected chi connectivity index (χ4v) is 3.41. The third-order valence-corrected chi connectivity index (χ3v) is 4.13. The maximum absolute atomic E-state index is 5.59. The smallest absolute Gasteiger partial charge is 0.131 e. The number of benzene rings is 2. The van der Waals surface area contributed by atoms with E-state index in [0.29, 0.717) is 0 Å². The molecule has 0 aromatic heterocycles. The van der Waals surface area contributed by atoms with E-state index in [1.807, 2.05) is 12.1 Å². The van der Waals surface area contributed by atoms with Crippen LogP contribution in [0.2, 0.25) is 0 Å². The van der Waals surface area contributed by atoms with E-state index in [4.69, 9.17) is 9.47 Å². The summed E-state index contributed by atoms with van der Waals surface area (Å²) in [6.45, 7) is 0. The standard InChI is InChI=1S/C14H14Br2O2/c1-17-13-9-5-3-4-6-10(9)14(18-2)12(8-16)11(13)7-15/h3-6H,7-8H2,1-2H3. The molecular weight excluding hydrogens is 360 g/mol. The lowest BCUT2D eigenvalue weighted by Gasteiger charge is -2.18. The van der Waals surface area contributed by atoms with Crippen molar-refractivity contribution in [1.29, 1.82) is 0 Å². The molecule has 18 heavy (non-hydrogen) atoms. The van der Waals surface area contributed by atoms with E-state index in [-0.39, 0.29) is 0 Å². The Morgan fingerprint density at radius 3 is 1.50 bits per heavy atom. The van der Waals surface area contributed by atoms with Crippen LogP contribution in [0.25, 0.3) is 10.8 Å². The Hall–Kier alpha value is -0.740. The van der Waals surface area contributed by atoms with Gasteiger partial charge in [-0.25, -0.2) is 0 Å². The van der Waals surface area contributed by atoms with Crippen LogP contribution in [0, 0.1) is 0 Å². The first-order valence-electron chi connectivity index (χ1n) is 5.54. The Labute approximate surface area is 124 Å². The van der Waals surface area contributed by atoms with Crippen LogP contribution < -0.4 is 9.47 Å². The number of halogens is 2. The highest BCUT2D eigenvalue weighted by Crippen LogP contribution is 2.42. The van der Waals surface area contributed by atoms with Gasteiger partial charge in [0.05, 0.1) is 14.2 Å². The maximum Gasteiger partial charge on any atom is 0.131 e. The lowest BCUT2D eigenvalue weighted by molar-refractivity contribution is 0.405. The van der Waals surface area contributed by atoms with Gasteiger partial charge in [-0.1, -0.05) is 56.1 Å². The average molecular weight is 374 g/mol. The van der Waals surface area contributed by atoms with E-state index in [1.165, 1.54) is 0 Å². The van der Waals surface area contributed by atoms with Crippen molar-refractivity contribution in [3.8, 4) is 11.5 Å². The van der Waals surface area contributed by atoms with E-state index >= 15 is 0 Å². The second-order valence-electron chi connectivity index (χ2n) is 3.84. The molecule has 0 radical (unpaired) electrons. The van der Waals surface area contributed by atoms with Gasteiger partial charge in [0.1, 0.15) is 11.5 Å². The van der Waals surface area contributed by atoms with Crippen LogP contribution in [-0.2, 0) is 10.7 Å². The lowest BCUT2D eigenvalue weighted by Crippen LogP contribution is -2.00. The summed E-state index contributed by atoms with van der Waals surface area (Å²) in [7, 11) is 3.41. The summed E-state index contributed by atoms with van der Waals surface area (Å²) in [5.41, 5.74) is 2.26. The molecule has 0 saturated heterocycles. The fraction of sp³-hybridized carbons (Fsp3) is 0.286. The Kier molecular flexibility index (Phi) is 4.51. The lowest BCUT2D eigenvalue weighted by atomic mass is 9.99. The van der Waals surface area contributed by atoms with Crippen molar-refractivity contribution in [2.24, 2.45) is 0 Å². The monoisotopic (exact) mass is 372 g/mol. The quantitative estimate of drug-likeness (QED) is 0.726. The molecule has 0 aliphatic heterocycles. The minimum atomic E-state index is 0.734. The highest BCUT2D eigenvalue weighted by molar-refractivity contribution is 9.09. The van der Waals surface area contributed by atoms with E-state index in [1.54, 1.807) is 14.2 Å². The van der Waals surface area contributed by atoms with Gasteiger partial charge in [-0.05, 0) is 0 Å². The summed E-state index contributed by atoms with van der Waals surface area (Å²) in [5.74, 6) is 1.83. The third-order valence-electron chi connectivity index (χ3n) is 3.00. The normalized spacial score (nSPS) is 10.7. The summed E-state index contributed by atoms with van der Waals surface area (Å²) >= 11 is 7.07. The Morgan fingerprint density at radius 1 is 0.833 bits per heavy atom. The van der Waals surface area contributed by atoms with E-state index < -0.39 is 0 Å². The molecule has 0 fully saturated rings. The van der Waals surface area contributed by atoms with Gasteiger partial charge >= 0.3 is 0 Å². The molecule has 0 N–H and O–H groups in total. The molecule has 0 spiro atoms. The zero-order valence-corrected chi connectivity index (χ0v) is 13.5. The molecule has 4 heteroatoms. The van der Waals surface area contributed by atoms with Gasteiger partial charge in [-0.2, -0.15) is 0 Å². The van der Waals surface area contributed by atoms with Gasteiger partial charge in [-0.3, -0.25) is 0 Å². The Morgan fingerprint density at radius 2 is 1.22 bits per heavy atom. The number of rotatable bonds is 4. The van der Waals surface area contributed by atoms with Gasteiger partial charge < -0.3 is 9.47 Å². The van der Waals surface area contributed by atoms with Crippen molar-refractivity contribution >= 4 is 42.6 Å². The van der Waals surface area contributed by atoms with E-state index in [0.717, 1.165) is 44.1 Å². The second kappa shape index (κ2) is 5.93. The molecule has 0 saturated carbocycles. The molecule has 0 aliphatic carbocycles. The summed E-state index contributed by atoms with van der Waals surface area (Å²) < 4.78 is 11.2. The molecule has 0 aliphatic rings. The largest absolute Gasteiger partial charge is 0.496 e. The SMILES string of the molecule is COc1c(CBr)c(CBr)c(OC)c2ccccc12. The Bertz CT molecular complexity index is 517. The predicted octanol–water partition coefficient (Wildman–Crippen LogP) is 4.65. The summed E-state index contributed by atoms with van der Waals surface area (Å²) in [5, 5.41) is 3.63. The number of hydrogen-bond donors (Lipinski definition) is 0. The zero-order valence-electron chi connectivity index (χ0n) is 10.3. The summed E-state index contributed by atoms with van der Waals surface area (Å²) in [6.07, 6.45) is 0. The van der Waals surface area contributed by atoms with Crippen molar-refractivity contribution in [2.75, 3.05) is 14.2 Å². The number of methoxy groups -OCH3 is 2. The highest BCUT2D eigenvalue weighted by atomic mass is 79.9. The average Bonchev–Trinajstić information content (AvgIpc) is 2.44. The molecule has 2 rings (SSSR count). The van der Waals surface area contributed by atoms with Crippen molar-refractivity contribution in [2.45, 2.75) is 10.7 Å². The molecule has 96 valence electrons. The zero-order chi connectivity index (χ0) is 13.1. The topological polar surface area (TPSA) is 18.5 Å². The first kappa shape index (κ1) is 13.7. The minimum absolute atomic E-state index is 0.734. The minimum Gasteiger partial charge on any atom is -0.496 e. The van der Waals surface area contributed by atoms with Gasteiger partial charge in [0.2, 0.25) is 0 Å². The predicted molar refractivity (Wildman–Crippen MR) is 82.3 cm³/mol. The fourth-order valence-electron chi connectivity index (χ4n) is 2.23.